The van der Waals surface area contributed by atoms with E-state index in [0.717, 1.165) is 10.0 Å². The van der Waals surface area contributed by atoms with Crippen LogP contribution in [-0.4, -0.2) is 20.1 Å². The highest BCUT2D eigenvalue weighted by Gasteiger charge is 2.07. The molecule has 0 saturated carbocycles. The van der Waals surface area contributed by atoms with Crippen molar-refractivity contribution >= 4 is 21.8 Å². The van der Waals surface area contributed by atoms with E-state index < -0.39 is 0 Å². The molecule has 0 atom stereocenters. The zero-order chi connectivity index (χ0) is 15.2. The summed E-state index contributed by atoms with van der Waals surface area (Å²) in [5, 5.41) is 2.87. The maximum Gasteiger partial charge on any atom is 0.251 e. The van der Waals surface area contributed by atoms with Gasteiger partial charge in [0.15, 0.2) is 11.5 Å². The Labute approximate surface area is 132 Å². The molecule has 0 aliphatic heterocycles. The summed E-state index contributed by atoms with van der Waals surface area (Å²) in [6, 6.07) is 12.8. The topological polar surface area (TPSA) is 47.6 Å². The molecule has 2 aromatic carbocycles. The Hall–Kier alpha value is -2.01. The Morgan fingerprint density at radius 1 is 1.05 bits per heavy atom. The minimum atomic E-state index is -0.114. The standard InChI is InChI=1S/C16H16BrNO3/c1-20-14-8-3-11(9-15(14)21-2)10-18-16(19)12-4-6-13(17)7-5-12/h3-9H,10H2,1-2H3,(H,18,19). The first kappa shape index (κ1) is 15.4. The highest BCUT2D eigenvalue weighted by atomic mass is 79.9. The molecule has 0 heterocycles. The SMILES string of the molecule is COc1ccc(CNC(=O)c2ccc(Br)cc2)cc1OC. The Morgan fingerprint density at radius 2 is 1.71 bits per heavy atom. The van der Waals surface area contributed by atoms with Crippen LogP contribution in [0.15, 0.2) is 46.9 Å². The summed E-state index contributed by atoms with van der Waals surface area (Å²) in [4.78, 5) is 12.0. The van der Waals surface area contributed by atoms with Gasteiger partial charge in [-0.25, -0.2) is 0 Å². The van der Waals surface area contributed by atoms with Crippen molar-refractivity contribution < 1.29 is 14.3 Å². The maximum absolute atomic E-state index is 12.0. The number of halogens is 1. The third-order valence-corrected chi connectivity index (χ3v) is 3.54. The zero-order valence-corrected chi connectivity index (χ0v) is 13.4. The van der Waals surface area contributed by atoms with Crippen molar-refractivity contribution in [2.75, 3.05) is 14.2 Å². The Kier molecular flexibility index (Phi) is 5.22. The average molecular weight is 350 g/mol. The van der Waals surface area contributed by atoms with Crippen LogP contribution in [0, 0.1) is 0 Å². The van der Waals surface area contributed by atoms with Crippen LogP contribution in [0.1, 0.15) is 15.9 Å². The normalized spacial score (nSPS) is 10.0. The third-order valence-electron chi connectivity index (χ3n) is 3.01. The number of hydrogen-bond acceptors (Lipinski definition) is 3. The summed E-state index contributed by atoms with van der Waals surface area (Å²) in [5.74, 6) is 1.20. The van der Waals surface area contributed by atoms with Gasteiger partial charge in [0, 0.05) is 16.6 Å². The van der Waals surface area contributed by atoms with Gasteiger partial charge in [0.05, 0.1) is 14.2 Å². The lowest BCUT2D eigenvalue weighted by molar-refractivity contribution is 0.0951. The van der Waals surface area contributed by atoms with Crippen LogP contribution in [0.2, 0.25) is 0 Å². The number of rotatable bonds is 5. The van der Waals surface area contributed by atoms with E-state index in [1.807, 2.05) is 30.3 Å². The average Bonchev–Trinajstić information content (AvgIpc) is 2.52. The first-order chi connectivity index (χ1) is 10.1. The summed E-state index contributed by atoms with van der Waals surface area (Å²) in [6.45, 7) is 0.426. The fourth-order valence-corrected chi connectivity index (χ4v) is 2.14. The van der Waals surface area contributed by atoms with Crippen molar-refractivity contribution in [3.63, 3.8) is 0 Å². The summed E-state index contributed by atoms with van der Waals surface area (Å²) in [6.07, 6.45) is 0. The number of nitrogens with one attached hydrogen (secondary N) is 1. The largest absolute Gasteiger partial charge is 0.493 e. The molecule has 0 unspecified atom stereocenters. The molecule has 0 spiro atoms. The van der Waals surface area contributed by atoms with Crippen LogP contribution in [0.25, 0.3) is 0 Å². The fourth-order valence-electron chi connectivity index (χ4n) is 1.88. The van der Waals surface area contributed by atoms with Gasteiger partial charge in [0.1, 0.15) is 0 Å². The lowest BCUT2D eigenvalue weighted by Gasteiger charge is -2.10. The predicted molar refractivity (Wildman–Crippen MR) is 84.9 cm³/mol. The minimum absolute atomic E-state index is 0.114. The Morgan fingerprint density at radius 3 is 2.33 bits per heavy atom. The monoisotopic (exact) mass is 349 g/mol. The second-order valence-corrected chi connectivity index (χ2v) is 5.29. The molecule has 2 rings (SSSR count). The molecule has 4 nitrogen and oxygen atoms in total. The number of methoxy groups -OCH3 is 2. The molecule has 0 aliphatic carbocycles. The Balaban J connectivity index is 2.02. The highest BCUT2D eigenvalue weighted by Crippen LogP contribution is 2.27. The lowest BCUT2D eigenvalue weighted by atomic mass is 10.1. The second-order valence-electron chi connectivity index (χ2n) is 4.38. The van der Waals surface area contributed by atoms with Gasteiger partial charge in [-0.2, -0.15) is 0 Å². The molecular weight excluding hydrogens is 334 g/mol. The van der Waals surface area contributed by atoms with Crippen molar-refractivity contribution in [2.24, 2.45) is 0 Å². The summed E-state index contributed by atoms with van der Waals surface area (Å²) < 4.78 is 11.4. The van der Waals surface area contributed by atoms with Gasteiger partial charge in [-0.15, -0.1) is 0 Å². The van der Waals surface area contributed by atoms with E-state index in [9.17, 15) is 4.79 Å². The first-order valence-corrected chi connectivity index (χ1v) is 7.18. The smallest absolute Gasteiger partial charge is 0.251 e. The molecule has 0 radical (unpaired) electrons. The third kappa shape index (κ3) is 3.98. The van der Waals surface area contributed by atoms with Crippen LogP contribution in [0.5, 0.6) is 11.5 Å². The van der Waals surface area contributed by atoms with E-state index in [2.05, 4.69) is 21.2 Å². The number of hydrogen-bond donors (Lipinski definition) is 1. The number of ether oxygens (including phenoxy) is 2. The molecule has 5 heteroatoms. The van der Waals surface area contributed by atoms with Gasteiger partial charge in [-0.05, 0) is 42.0 Å². The minimum Gasteiger partial charge on any atom is -0.493 e. The van der Waals surface area contributed by atoms with Gasteiger partial charge in [-0.3, -0.25) is 4.79 Å². The van der Waals surface area contributed by atoms with Gasteiger partial charge < -0.3 is 14.8 Å². The maximum atomic E-state index is 12.0. The van der Waals surface area contributed by atoms with Gasteiger partial charge in [0.2, 0.25) is 0 Å². The van der Waals surface area contributed by atoms with Crippen LogP contribution in [0.3, 0.4) is 0 Å². The van der Waals surface area contributed by atoms with Gasteiger partial charge in [-0.1, -0.05) is 22.0 Å². The summed E-state index contributed by atoms with van der Waals surface area (Å²) >= 11 is 3.34. The number of carbonyl (C=O) groups excluding carboxylic acids is 1. The molecule has 0 bridgehead atoms. The van der Waals surface area contributed by atoms with Crippen molar-refractivity contribution in [3.05, 3.63) is 58.1 Å². The summed E-state index contributed by atoms with van der Waals surface area (Å²) in [7, 11) is 3.18. The van der Waals surface area contributed by atoms with E-state index in [0.29, 0.717) is 23.6 Å². The van der Waals surface area contributed by atoms with Gasteiger partial charge >= 0.3 is 0 Å². The van der Waals surface area contributed by atoms with E-state index in [1.54, 1.807) is 26.4 Å². The zero-order valence-electron chi connectivity index (χ0n) is 11.9. The number of carbonyl (C=O) groups is 1. The van der Waals surface area contributed by atoms with Gasteiger partial charge in [0.25, 0.3) is 5.91 Å². The molecule has 0 aliphatic rings. The van der Waals surface area contributed by atoms with Crippen molar-refractivity contribution in [1.82, 2.24) is 5.32 Å². The molecule has 0 aromatic heterocycles. The van der Waals surface area contributed by atoms with E-state index in [-0.39, 0.29) is 5.91 Å². The molecule has 2 aromatic rings. The fraction of sp³-hybridized carbons (Fsp3) is 0.188. The lowest BCUT2D eigenvalue weighted by Crippen LogP contribution is -2.22. The van der Waals surface area contributed by atoms with Crippen LogP contribution in [-0.2, 0) is 6.54 Å². The molecule has 0 saturated heterocycles. The van der Waals surface area contributed by atoms with E-state index >= 15 is 0 Å². The van der Waals surface area contributed by atoms with Crippen molar-refractivity contribution in [1.29, 1.82) is 0 Å². The Bertz CT molecular complexity index is 626. The molecule has 1 amide bonds. The number of amides is 1. The molecule has 1 N–H and O–H groups in total. The van der Waals surface area contributed by atoms with Crippen LogP contribution < -0.4 is 14.8 Å². The molecule has 21 heavy (non-hydrogen) atoms. The molecular formula is C16H16BrNO3. The highest BCUT2D eigenvalue weighted by molar-refractivity contribution is 9.10. The van der Waals surface area contributed by atoms with Crippen LogP contribution >= 0.6 is 15.9 Å². The van der Waals surface area contributed by atoms with E-state index in [4.69, 9.17) is 9.47 Å². The van der Waals surface area contributed by atoms with Crippen molar-refractivity contribution in [2.45, 2.75) is 6.54 Å². The van der Waals surface area contributed by atoms with E-state index in [1.165, 1.54) is 0 Å². The quantitative estimate of drug-likeness (QED) is 0.899. The van der Waals surface area contributed by atoms with Crippen LogP contribution in [0.4, 0.5) is 0 Å². The predicted octanol–water partition coefficient (Wildman–Crippen LogP) is 3.40. The second kappa shape index (κ2) is 7.13. The summed E-state index contributed by atoms with van der Waals surface area (Å²) in [5.41, 5.74) is 1.57. The first-order valence-electron chi connectivity index (χ1n) is 6.38. The van der Waals surface area contributed by atoms with Crippen molar-refractivity contribution in [3.8, 4) is 11.5 Å². The number of benzene rings is 2. The molecule has 110 valence electrons. The molecule has 0 fully saturated rings.